The molecule has 1 amide bonds. The molecule has 0 saturated carbocycles. The Morgan fingerprint density at radius 1 is 0.862 bits per heavy atom. The van der Waals surface area contributed by atoms with Crippen LogP contribution in [-0.4, -0.2) is 66.9 Å². The lowest BCUT2D eigenvalue weighted by atomic mass is 9.80. The van der Waals surface area contributed by atoms with Crippen LogP contribution in [0.25, 0.3) is 0 Å². The molecule has 4 nitrogen and oxygen atoms in total. The zero-order valence-corrected chi connectivity index (χ0v) is 17.5. The number of likely N-dealkylation sites (tertiary alicyclic amines) is 1. The van der Waals surface area contributed by atoms with Crippen LogP contribution in [-0.2, 0) is 4.79 Å². The Balaban J connectivity index is 1.51. The van der Waals surface area contributed by atoms with Gasteiger partial charge in [0.1, 0.15) is 0 Å². The predicted octanol–water partition coefficient (Wildman–Crippen LogP) is 3.77. The van der Waals surface area contributed by atoms with Crippen molar-refractivity contribution in [2.75, 3.05) is 46.3 Å². The molecule has 29 heavy (non-hydrogen) atoms. The fraction of sp³-hybridized carbons (Fsp3) is 0.480. The number of piperazine rings is 1. The maximum atomic E-state index is 13.4. The maximum absolute atomic E-state index is 13.4. The molecule has 4 rings (SSSR count). The molecule has 0 N–H and O–H groups in total. The molecule has 4 heteroatoms. The van der Waals surface area contributed by atoms with Crippen LogP contribution in [0.1, 0.15) is 42.3 Å². The molecular formula is C25H33N3O. The molecular weight excluding hydrogens is 358 g/mol. The summed E-state index contributed by atoms with van der Waals surface area (Å²) >= 11 is 0. The molecule has 0 aliphatic carbocycles. The number of amides is 1. The van der Waals surface area contributed by atoms with Gasteiger partial charge in [0.05, 0.1) is 6.04 Å². The molecule has 2 aromatic rings. The Labute approximate surface area is 175 Å². The number of carbonyl (C=O) groups excluding carboxylic acids is 1. The summed E-state index contributed by atoms with van der Waals surface area (Å²) in [4.78, 5) is 20.3. The van der Waals surface area contributed by atoms with Gasteiger partial charge in [0.25, 0.3) is 0 Å². The van der Waals surface area contributed by atoms with Gasteiger partial charge in [-0.1, -0.05) is 60.7 Å². The summed E-state index contributed by atoms with van der Waals surface area (Å²) in [6.07, 6.45) is 2.82. The van der Waals surface area contributed by atoms with Crippen molar-refractivity contribution in [1.82, 2.24) is 14.7 Å². The second kappa shape index (κ2) is 9.55. The first-order valence-electron chi connectivity index (χ1n) is 11.0. The van der Waals surface area contributed by atoms with Gasteiger partial charge in [0, 0.05) is 51.6 Å². The summed E-state index contributed by atoms with van der Waals surface area (Å²) in [7, 11) is 2.17. The van der Waals surface area contributed by atoms with E-state index in [0.29, 0.717) is 18.2 Å². The van der Waals surface area contributed by atoms with Crippen LogP contribution in [0.4, 0.5) is 0 Å². The largest absolute Gasteiger partial charge is 0.335 e. The Morgan fingerprint density at radius 2 is 1.48 bits per heavy atom. The van der Waals surface area contributed by atoms with Crippen LogP contribution in [0.15, 0.2) is 60.7 Å². The molecule has 154 valence electrons. The maximum Gasteiger partial charge on any atom is 0.224 e. The molecule has 0 aromatic heterocycles. The van der Waals surface area contributed by atoms with Crippen LogP contribution in [0.2, 0.25) is 0 Å². The number of benzene rings is 2. The minimum absolute atomic E-state index is 0.132. The van der Waals surface area contributed by atoms with E-state index >= 15 is 0 Å². The van der Waals surface area contributed by atoms with Crippen molar-refractivity contribution in [3.63, 3.8) is 0 Å². The van der Waals surface area contributed by atoms with Crippen molar-refractivity contribution < 1.29 is 4.79 Å². The second-order valence-corrected chi connectivity index (χ2v) is 8.50. The highest BCUT2D eigenvalue weighted by molar-refractivity contribution is 5.77. The van der Waals surface area contributed by atoms with E-state index in [-0.39, 0.29) is 6.04 Å². The van der Waals surface area contributed by atoms with E-state index in [1.54, 1.807) is 0 Å². The summed E-state index contributed by atoms with van der Waals surface area (Å²) < 4.78 is 0. The van der Waals surface area contributed by atoms with Crippen molar-refractivity contribution in [3.05, 3.63) is 71.8 Å². The Kier molecular flexibility index (Phi) is 6.63. The highest BCUT2D eigenvalue weighted by Crippen LogP contribution is 2.42. The van der Waals surface area contributed by atoms with E-state index in [9.17, 15) is 4.79 Å². The number of piperidine rings is 1. The van der Waals surface area contributed by atoms with Gasteiger partial charge < -0.3 is 14.7 Å². The normalized spacial score (nSPS) is 23.8. The lowest BCUT2D eigenvalue weighted by Gasteiger charge is -2.42. The van der Waals surface area contributed by atoms with Gasteiger partial charge in [0.2, 0.25) is 5.91 Å². The molecule has 2 fully saturated rings. The number of nitrogens with zero attached hydrogens (tertiary/aromatic N) is 3. The third-order valence-corrected chi connectivity index (χ3v) is 6.56. The first-order chi connectivity index (χ1) is 14.2. The molecule has 2 atom stereocenters. The summed E-state index contributed by atoms with van der Waals surface area (Å²) in [6, 6.07) is 21.5. The minimum atomic E-state index is 0.132. The van der Waals surface area contributed by atoms with Crippen molar-refractivity contribution in [3.8, 4) is 0 Å². The van der Waals surface area contributed by atoms with Gasteiger partial charge in [-0.3, -0.25) is 4.79 Å². The van der Waals surface area contributed by atoms with Crippen molar-refractivity contribution >= 4 is 5.91 Å². The average Bonchev–Trinajstić information content (AvgIpc) is 2.79. The van der Waals surface area contributed by atoms with Gasteiger partial charge in [0.15, 0.2) is 0 Å². The van der Waals surface area contributed by atoms with E-state index in [1.165, 1.54) is 11.1 Å². The summed E-state index contributed by atoms with van der Waals surface area (Å²) in [5.74, 6) is 0.665. The quantitative estimate of drug-likeness (QED) is 0.776. The third kappa shape index (κ3) is 4.88. The molecule has 2 aliphatic rings. The average molecular weight is 392 g/mol. The summed E-state index contributed by atoms with van der Waals surface area (Å²) in [5, 5.41) is 0. The van der Waals surface area contributed by atoms with Crippen LogP contribution in [0.3, 0.4) is 0 Å². The van der Waals surface area contributed by atoms with E-state index in [2.05, 4.69) is 82.4 Å². The topological polar surface area (TPSA) is 26.8 Å². The number of likely N-dealkylation sites (N-methyl/N-ethyl adjacent to an activating group) is 1. The third-order valence-electron chi connectivity index (χ3n) is 6.56. The standard InChI is InChI=1S/C25H33N3O/c1-26-17-19-27(20-18-26)16-14-24(29)28-15-8-13-23(21-9-4-2-5-10-21)25(28)22-11-6-3-7-12-22/h2-7,9-12,23,25H,8,13-20H2,1H3. The molecule has 2 heterocycles. The SMILES string of the molecule is CN1CCN(CCC(=O)N2CCCC(c3ccccc3)C2c2ccccc2)CC1. The molecule has 2 aliphatic heterocycles. The van der Waals surface area contributed by atoms with E-state index in [1.807, 2.05) is 0 Å². The van der Waals surface area contributed by atoms with E-state index in [4.69, 9.17) is 0 Å². The lowest BCUT2D eigenvalue weighted by Crippen LogP contribution is -2.47. The highest BCUT2D eigenvalue weighted by atomic mass is 16.2. The Hall–Kier alpha value is -2.17. The summed E-state index contributed by atoms with van der Waals surface area (Å²) in [6.45, 7) is 6.07. The predicted molar refractivity (Wildman–Crippen MR) is 118 cm³/mol. The second-order valence-electron chi connectivity index (χ2n) is 8.50. The van der Waals surface area contributed by atoms with Gasteiger partial charge in [-0.2, -0.15) is 0 Å². The first kappa shape index (κ1) is 20.1. The molecule has 2 aromatic carbocycles. The van der Waals surface area contributed by atoms with Crippen LogP contribution in [0, 0.1) is 0 Å². The number of rotatable bonds is 5. The van der Waals surface area contributed by atoms with E-state index in [0.717, 1.165) is 52.1 Å². The first-order valence-corrected chi connectivity index (χ1v) is 11.0. The molecule has 2 saturated heterocycles. The minimum Gasteiger partial charge on any atom is -0.335 e. The van der Waals surface area contributed by atoms with Crippen LogP contribution >= 0.6 is 0 Å². The molecule has 0 radical (unpaired) electrons. The smallest absolute Gasteiger partial charge is 0.224 e. The molecule has 0 spiro atoms. The van der Waals surface area contributed by atoms with Gasteiger partial charge in [-0.15, -0.1) is 0 Å². The van der Waals surface area contributed by atoms with Crippen LogP contribution in [0.5, 0.6) is 0 Å². The Bertz CT molecular complexity index is 771. The zero-order valence-electron chi connectivity index (χ0n) is 17.5. The van der Waals surface area contributed by atoms with Crippen LogP contribution < -0.4 is 0 Å². The highest BCUT2D eigenvalue weighted by Gasteiger charge is 2.36. The van der Waals surface area contributed by atoms with Crippen molar-refractivity contribution in [1.29, 1.82) is 0 Å². The van der Waals surface area contributed by atoms with Gasteiger partial charge in [-0.05, 0) is 31.0 Å². The Morgan fingerprint density at radius 3 is 2.14 bits per heavy atom. The summed E-state index contributed by atoms with van der Waals surface area (Å²) in [5.41, 5.74) is 2.60. The van der Waals surface area contributed by atoms with E-state index < -0.39 is 0 Å². The van der Waals surface area contributed by atoms with Crippen molar-refractivity contribution in [2.24, 2.45) is 0 Å². The fourth-order valence-electron chi connectivity index (χ4n) is 4.86. The number of hydrogen-bond acceptors (Lipinski definition) is 3. The van der Waals surface area contributed by atoms with Gasteiger partial charge >= 0.3 is 0 Å². The number of carbonyl (C=O) groups is 1. The molecule has 0 bridgehead atoms. The van der Waals surface area contributed by atoms with Gasteiger partial charge in [-0.25, -0.2) is 0 Å². The molecule has 2 unspecified atom stereocenters. The lowest BCUT2D eigenvalue weighted by molar-refractivity contribution is -0.136. The fourth-order valence-corrected chi connectivity index (χ4v) is 4.86. The monoisotopic (exact) mass is 391 g/mol. The number of hydrogen-bond donors (Lipinski definition) is 0. The zero-order chi connectivity index (χ0) is 20.1. The van der Waals surface area contributed by atoms with Crippen molar-refractivity contribution in [2.45, 2.75) is 31.2 Å².